The smallest absolute Gasteiger partial charge is 0.317 e. The van der Waals surface area contributed by atoms with Crippen LogP contribution in [0.2, 0.25) is 0 Å². The van der Waals surface area contributed by atoms with Gasteiger partial charge in [-0.2, -0.15) is 0 Å². The molecule has 0 radical (unpaired) electrons. The van der Waals surface area contributed by atoms with Crippen LogP contribution in [0.1, 0.15) is 44.3 Å². The van der Waals surface area contributed by atoms with Gasteiger partial charge in [-0.1, -0.05) is 31.4 Å². The minimum atomic E-state index is 0.101. The van der Waals surface area contributed by atoms with Gasteiger partial charge in [0.1, 0.15) is 5.82 Å². The standard InChI is InChI=1S/C20H28N4O/c1-16-22-17-7-3-4-8-18(17)24(16)14-12-21-19(25)23-13-11-20(15-23)9-5-2-6-10-20/h3-4,7-8H,2,5-6,9-15H2,1H3,(H,21,25). The van der Waals surface area contributed by atoms with Crippen LogP contribution in [-0.2, 0) is 6.54 Å². The summed E-state index contributed by atoms with van der Waals surface area (Å²) < 4.78 is 2.18. The number of imidazole rings is 1. The van der Waals surface area contributed by atoms with Gasteiger partial charge >= 0.3 is 6.03 Å². The van der Waals surface area contributed by atoms with E-state index in [9.17, 15) is 4.79 Å². The lowest BCUT2D eigenvalue weighted by Crippen LogP contribution is -2.41. The Morgan fingerprint density at radius 1 is 1.20 bits per heavy atom. The van der Waals surface area contributed by atoms with Crippen molar-refractivity contribution in [1.29, 1.82) is 0 Å². The molecule has 2 aliphatic rings. The minimum absolute atomic E-state index is 0.101. The summed E-state index contributed by atoms with van der Waals surface area (Å²) in [7, 11) is 0. The number of carbonyl (C=O) groups excluding carboxylic acids is 1. The van der Waals surface area contributed by atoms with Gasteiger partial charge in [0.25, 0.3) is 0 Å². The Hall–Kier alpha value is -2.04. The SMILES string of the molecule is Cc1nc2ccccc2n1CCNC(=O)N1CCC2(CCCCC2)C1. The van der Waals surface area contributed by atoms with Crippen molar-refractivity contribution in [3.8, 4) is 0 Å². The second-order valence-electron chi connectivity index (χ2n) is 7.76. The van der Waals surface area contributed by atoms with E-state index in [1.54, 1.807) is 0 Å². The summed E-state index contributed by atoms with van der Waals surface area (Å²) in [6.07, 6.45) is 7.83. The first-order valence-electron chi connectivity index (χ1n) is 9.62. The van der Waals surface area contributed by atoms with Gasteiger partial charge in [-0.15, -0.1) is 0 Å². The number of rotatable bonds is 3. The van der Waals surface area contributed by atoms with Gasteiger partial charge in [-0.3, -0.25) is 0 Å². The summed E-state index contributed by atoms with van der Waals surface area (Å²) in [5.74, 6) is 0.998. The van der Waals surface area contributed by atoms with E-state index in [4.69, 9.17) is 0 Å². The number of amides is 2. The maximum absolute atomic E-state index is 12.5. The number of carbonyl (C=O) groups is 1. The summed E-state index contributed by atoms with van der Waals surface area (Å²) in [4.78, 5) is 19.2. The number of urea groups is 1. The molecule has 134 valence electrons. The molecule has 1 aliphatic carbocycles. The van der Waals surface area contributed by atoms with Crippen molar-refractivity contribution in [1.82, 2.24) is 19.8 Å². The molecule has 1 saturated carbocycles. The van der Waals surface area contributed by atoms with E-state index in [1.807, 2.05) is 30.0 Å². The van der Waals surface area contributed by atoms with Crippen molar-refractivity contribution in [2.75, 3.05) is 19.6 Å². The van der Waals surface area contributed by atoms with Crippen molar-refractivity contribution in [2.45, 2.75) is 52.0 Å². The van der Waals surface area contributed by atoms with Crippen molar-refractivity contribution in [3.63, 3.8) is 0 Å². The van der Waals surface area contributed by atoms with Crippen molar-refractivity contribution < 1.29 is 4.79 Å². The van der Waals surface area contributed by atoms with Crippen LogP contribution in [0.25, 0.3) is 11.0 Å². The number of aromatic nitrogens is 2. The zero-order valence-corrected chi connectivity index (χ0v) is 15.1. The number of fused-ring (bicyclic) bond motifs is 1. The summed E-state index contributed by atoms with van der Waals surface area (Å²) in [5, 5.41) is 3.12. The molecule has 1 aromatic carbocycles. The van der Waals surface area contributed by atoms with Crippen LogP contribution in [-0.4, -0.2) is 40.1 Å². The zero-order valence-electron chi connectivity index (χ0n) is 15.1. The molecule has 0 bridgehead atoms. The van der Waals surface area contributed by atoms with E-state index in [2.05, 4.69) is 20.9 Å². The monoisotopic (exact) mass is 340 g/mol. The Labute approximate surface area is 149 Å². The number of nitrogens with one attached hydrogen (secondary N) is 1. The highest BCUT2D eigenvalue weighted by Crippen LogP contribution is 2.43. The summed E-state index contributed by atoms with van der Waals surface area (Å²) in [6.45, 7) is 5.29. The summed E-state index contributed by atoms with van der Waals surface area (Å²) in [5.41, 5.74) is 2.58. The van der Waals surface area contributed by atoms with Crippen LogP contribution in [0.5, 0.6) is 0 Å². The molecule has 1 saturated heterocycles. The number of para-hydroxylation sites is 2. The number of benzene rings is 1. The molecule has 2 aromatic rings. The van der Waals surface area contributed by atoms with Crippen LogP contribution in [0.3, 0.4) is 0 Å². The number of hydrogen-bond acceptors (Lipinski definition) is 2. The maximum atomic E-state index is 12.5. The van der Waals surface area contributed by atoms with Crippen LogP contribution in [0.15, 0.2) is 24.3 Å². The van der Waals surface area contributed by atoms with Gasteiger partial charge in [0.15, 0.2) is 0 Å². The first-order chi connectivity index (χ1) is 12.2. The molecule has 25 heavy (non-hydrogen) atoms. The molecule has 0 unspecified atom stereocenters. The Bertz CT molecular complexity index is 760. The van der Waals surface area contributed by atoms with Gasteiger partial charge in [0.05, 0.1) is 11.0 Å². The molecule has 2 heterocycles. The predicted octanol–water partition coefficient (Wildman–Crippen LogP) is 3.71. The maximum Gasteiger partial charge on any atom is 0.317 e. The average Bonchev–Trinajstić information content (AvgIpc) is 3.17. The fourth-order valence-corrected chi connectivity index (χ4v) is 4.68. The number of hydrogen-bond donors (Lipinski definition) is 1. The topological polar surface area (TPSA) is 50.2 Å². The first-order valence-corrected chi connectivity index (χ1v) is 9.62. The van der Waals surface area contributed by atoms with E-state index >= 15 is 0 Å². The number of nitrogens with zero attached hydrogens (tertiary/aromatic N) is 3. The van der Waals surface area contributed by atoms with E-state index in [0.29, 0.717) is 12.0 Å². The normalized spacial score (nSPS) is 19.6. The molecule has 1 aliphatic heterocycles. The third-order valence-electron chi connectivity index (χ3n) is 6.10. The average molecular weight is 340 g/mol. The molecule has 1 N–H and O–H groups in total. The Morgan fingerprint density at radius 3 is 2.84 bits per heavy atom. The van der Waals surface area contributed by atoms with E-state index < -0.39 is 0 Å². The lowest BCUT2D eigenvalue weighted by molar-refractivity contribution is 0.177. The number of aryl methyl sites for hydroxylation is 1. The van der Waals surface area contributed by atoms with Crippen LogP contribution in [0, 0.1) is 12.3 Å². The molecule has 5 nitrogen and oxygen atoms in total. The van der Waals surface area contributed by atoms with E-state index in [-0.39, 0.29) is 6.03 Å². The molecule has 0 atom stereocenters. The van der Waals surface area contributed by atoms with E-state index in [0.717, 1.165) is 36.5 Å². The Kier molecular flexibility index (Phi) is 4.40. The molecular formula is C20H28N4O. The highest BCUT2D eigenvalue weighted by molar-refractivity contribution is 5.76. The quantitative estimate of drug-likeness (QED) is 0.926. The Morgan fingerprint density at radius 2 is 2.00 bits per heavy atom. The fraction of sp³-hybridized carbons (Fsp3) is 0.600. The van der Waals surface area contributed by atoms with Gasteiger partial charge in [0.2, 0.25) is 0 Å². The third kappa shape index (κ3) is 3.24. The van der Waals surface area contributed by atoms with Gasteiger partial charge < -0.3 is 14.8 Å². The lowest BCUT2D eigenvalue weighted by Gasteiger charge is -2.33. The second kappa shape index (κ2) is 6.70. The molecular weight excluding hydrogens is 312 g/mol. The molecule has 5 heteroatoms. The zero-order chi connectivity index (χ0) is 17.3. The minimum Gasteiger partial charge on any atom is -0.336 e. The van der Waals surface area contributed by atoms with Crippen molar-refractivity contribution >= 4 is 17.1 Å². The molecule has 4 rings (SSSR count). The third-order valence-corrected chi connectivity index (χ3v) is 6.10. The van der Waals surface area contributed by atoms with E-state index in [1.165, 1.54) is 38.5 Å². The van der Waals surface area contributed by atoms with Crippen LogP contribution < -0.4 is 5.32 Å². The highest BCUT2D eigenvalue weighted by atomic mass is 16.2. The van der Waals surface area contributed by atoms with Crippen molar-refractivity contribution in [2.24, 2.45) is 5.41 Å². The molecule has 1 aromatic heterocycles. The highest BCUT2D eigenvalue weighted by Gasteiger charge is 2.40. The largest absolute Gasteiger partial charge is 0.336 e. The second-order valence-corrected chi connectivity index (χ2v) is 7.76. The van der Waals surface area contributed by atoms with Crippen LogP contribution in [0.4, 0.5) is 4.79 Å². The summed E-state index contributed by atoms with van der Waals surface area (Å²) in [6, 6.07) is 8.27. The van der Waals surface area contributed by atoms with Crippen LogP contribution >= 0.6 is 0 Å². The molecule has 2 amide bonds. The lowest BCUT2D eigenvalue weighted by atomic mass is 9.73. The van der Waals surface area contributed by atoms with Gasteiger partial charge in [-0.05, 0) is 43.7 Å². The Balaban J connectivity index is 1.32. The summed E-state index contributed by atoms with van der Waals surface area (Å²) >= 11 is 0. The fourth-order valence-electron chi connectivity index (χ4n) is 4.68. The van der Waals surface area contributed by atoms with Crippen molar-refractivity contribution in [3.05, 3.63) is 30.1 Å². The van der Waals surface area contributed by atoms with Gasteiger partial charge in [-0.25, -0.2) is 9.78 Å². The first kappa shape index (κ1) is 16.4. The van der Waals surface area contributed by atoms with Gasteiger partial charge in [0, 0.05) is 26.2 Å². The predicted molar refractivity (Wildman–Crippen MR) is 99.6 cm³/mol. The molecule has 1 spiro atoms. The number of likely N-dealkylation sites (tertiary alicyclic amines) is 1. The molecule has 2 fully saturated rings.